The van der Waals surface area contributed by atoms with Gasteiger partial charge in [-0.2, -0.15) is 0 Å². The van der Waals surface area contributed by atoms with Gasteiger partial charge in [-0.25, -0.2) is 0 Å². The number of allylic oxidation sites excluding steroid dienone is 2. The minimum atomic E-state index is -1.69. The maximum absolute atomic E-state index is 9.43. The van der Waals surface area contributed by atoms with Gasteiger partial charge in [0, 0.05) is 6.42 Å². The standard InChI is InChI=1S/C12H12O2.CH4/c13-12(14)8-4-7-11(9-12)10-5-2-1-3-6-10;/h1-8,13-14H,9H2;1H4. The van der Waals surface area contributed by atoms with E-state index in [0.29, 0.717) is 0 Å². The summed E-state index contributed by atoms with van der Waals surface area (Å²) in [7, 11) is 0. The third-order valence-electron chi connectivity index (χ3n) is 2.26. The molecule has 0 bridgehead atoms. The maximum atomic E-state index is 9.43. The van der Waals surface area contributed by atoms with Gasteiger partial charge < -0.3 is 10.2 Å². The van der Waals surface area contributed by atoms with Crippen LogP contribution in [0.15, 0.2) is 48.6 Å². The molecule has 0 fully saturated rings. The van der Waals surface area contributed by atoms with Crippen molar-refractivity contribution in [3.05, 3.63) is 54.1 Å². The summed E-state index contributed by atoms with van der Waals surface area (Å²) in [4.78, 5) is 0. The largest absolute Gasteiger partial charge is 0.362 e. The van der Waals surface area contributed by atoms with Crippen LogP contribution in [-0.2, 0) is 0 Å². The topological polar surface area (TPSA) is 40.5 Å². The van der Waals surface area contributed by atoms with Crippen LogP contribution in [0.3, 0.4) is 0 Å². The lowest BCUT2D eigenvalue weighted by atomic mass is 9.94. The zero-order valence-electron chi connectivity index (χ0n) is 7.72. The highest BCUT2D eigenvalue weighted by Gasteiger charge is 2.23. The summed E-state index contributed by atoms with van der Waals surface area (Å²) in [5.41, 5.74) is 1.97. The van der Waals surface area contributed by atoms with Gasteiger partial charge >= 0.3 is 0 Å². The predicted molar refractivity (Wildman–Crippen MR) is 62.1 cm³/mol. The molecule has 2 heteroatoms. The normalized spacial score (nSPS) is 17.9. The molecular formula is C13H16O2. The lowest BCUT2D eigenvalue weighted by Gasteiger charge is -2.22. The molecule has 80 valence electrons. The number of hydrogen-bond acceptors (Lipinski definition) is 2. The molecule has 2 N–H and O–H groups in total. The maximum Gasteiger partial charge on any atom is 0.187 e. The first-order chi connectivity index (χ1) is 6.67. The van der Waals surface area contributed by atoms with E-state index >= 15 is 0 Å². The Morgan fingerprint density at radius 1 is 1.07 bits per heavy atom. The van der Waals surface area contributed by atoms with E-state index in [1.54, 1.807) is 6.08 Å². The molecule has 2 rings (SSSR count). The fourth-order valence-electron chi connectivity index (χ4n) is 1.57. The van der Waals surface area contributed by atoms with Crippen LogP contribution in [0.25, 0.3) is 5.57 Å². The molecule has 0 amide bonds. The first-order valence-corrected chi connectivity index (χ1v) is 4.56. The summed E-state index contributed by atoms with van der Waals surface area (Å²) in [6.45, 7) is 0. The van der Waals surface area contributed by atoms with Crippen LogP contribution in [0, 0.1) is 0 Å². The van der Waals surface area contributed by atoms with Gasteiger partial charge in [-0.3, -0.25) is 0 Å². The van der Waals surface area contributed by atoms with Gasteiger partial charge in [0.25, 0.3) is 0 Å². The van der Waals surface area contributed by atoms with Crippen LogP contribution in [0.1, 0.15) is 19.4 Å². The van der Waals surface area contributed by atoms with Gasteiger partial charge in [0.15, 0.2) is 5.79 Å². The number of aliphatic hydroxyl groups is 2. The summed E-state index contributed by atoms with van der Waals surface area (Å²) in [6.07, 6.45) is 5.21. The van der Waals surface area contributed by atoms with Gasteiger partial charge in [-0.15, -0.1) is 0 Å². The van der Waals surface area contributed by atoms with Crippen LogP contribution in [-0.4, -0.2) is 16.0 Å². The van der Waals surface area contributed by atoms with E-state index in [0.717, 1.165) is 11.1 Å². The number of hydrogen-bond donors (Lipinski definition) is 2. The van der Waals surface area contributed by atoms with Crippen molar-refractivity contribution in [2.24, 2.45) is 0 Å². The van der Waals surface area contributed by atoms with Gasteiger partial charge in [-0.1, -0.05) is 49.9 Å². The lowest BCUT2D eigenvalue weighted by molar-refractivity contribution is -0.113. The van der Waals surface area contributed by atoms with Crippen molar-refractivity contribution >= 4 is 5.57 Å². The fourth-order valence-corrected chi connectivity index (χ4v) is 1.57. The lowest BCUT2D eigenvalue weighted by Crippen LogP contribution is -2.26. The van der Waals surface area contributed by atoms with E-state index in [2.05, 4.69) is 0 Å². The molecule has 0 aromatic heterocycles. The molecule has 0 saturated carbocycles. The summed E-state index contributed by atoms with van der Waals surface area (Å²) < 4.78 is 0. The van der Waals surface area contributed by atoms with E-state index in [9.17, 15) is 10.2 Å². The van der Waals surface area contributed by atoms with Crippen LogP contribution < -0.4 is 0 Å². The van der Waals surface area contributed by atoms with Crippen molar-refractivity contribution < 1.29 is 10.2 Å². The summed E-state index contributed by atoms with van der Waals surface area (Å²) in [5, 5.41) is 18.9. The molecule has 1 aliphatic rings. The minimum absolute atomic E-state index is 0. The van der Waals surface area contributed by atoms with Gasteiger partial charge in [-0.05, 0) is 17.2 Å². The summed E-state index contributed by atoms with van der Waals surface area (Å²) >= 11 is 0. The zero-order valence-corrected chi connectivity index (χ0v) is 7.72. The van der Waals surface area contributed by atoms with Gasteiger partial charge in [0.05, 0.1) is 0 Å². The van der Waals surface area contributed by atoms with Crippen molar-refractivity contribution in [2.45, 2.75) is 19.6 Å². The van der Waals surface area contributed by atoms with Gasteiger partial charge in [0.2, 0.25) is 0 Å². The third-order valence-corrected chi connectivity index (χ3v) is 2.26. The average Bonchev–Trinajstić information content (AvgIpc) is 2.18. The second-order valence-electron chi connectivity index (χ2n) is 3.47. The molecule has 1 aromatic carbocycles. The third kappa shape index (κ3) is 2.78. The van der Waals surface area contributed by atoms with Crippen molar-refractivity contribution in [3.63, 3.8) is 0 Å². The Hall–Kier alpha value is -1.38. The molecule has 1 aromatic rings. The molecule has 0 unspecified atom stereocenters. The molecule has 0 aliphatic heterocycles. The van der Waals surface area contributed by atoms with Crippen molar-refractivity contribution in [1.29, 1.82) is 0 Å². The molecule has 0 heterocycles. The van der Waals surface area contributed by atoms with Crippen LogP contribution in [0.5, 0.6) is 0 Å². The first kappa shape index (κ1) is 11.7. The molecule has 0 radical (unpaired) electrons. The van der Waals surface area contributed by atoms with E-state index in [1.165, 1.54) is 6.08 Å². The highest BCUT2D eigenvalue weighted by atomic mass is 16.5. The van der Waals surface area contributed by atoms with E-state index in [4.69, 9.17) is 0 Å². The Labute approximate surface area is 90.2 Å². The second-order valence-corrected chi connectivity index (χ2v) is 3.47. The smallest absolute Gasteiger partial charge is 0.187 e. The fraction of sp³-hybridized carbons (Fsp3) is 0.231. The Bertz CT molecular complexity index is 375. The molecular weight excluding hydrogens is 188 g/mol. The SMILES string of the molecule is C.OC1(O)C=CC=C(c2ccccc2)C1. The van der Waals surface area contributed by atoms with Crippen molar-refractivity contribution in [3.8, 4) is 0 Å². The second kappa shape index (κ2) is 4.43. The van der Waals surface area contributed by atoms with E-state index in [-0.39, 0.29) is 13.8 Å². The minimum Gasteiger partial charge on any atom is -0.362 e. The van der Waals surface area contributed by atoms with Gasteiger partial charge in [0.1, 0.15) is 0 Å². The first-order valence-electron chi connectivity index (χ1n) is 4.56. The van der Waals surface area contributed by atoms with Crippen LogP contribution >= 0.6 is 0 Å². The average molecular weight is 204 g/mol. The van der Waals surface area contributed by atoms with Crippen molar-refractivity contribution in [2.75, 3.05) is 0 Å². The molecule has 15 heavy (non-hydrogen) atoms. The Morgan fingerprint density at radius 2 is 1.73 bits per heavy atom. The molecule has 1 aliphatic carbocycles. The monoisotopic (exact) mass is 204 g/mol. The number of benzene rings is 1. The molecule has 0 saturated heterocycles. The highest BCUT2D eigenvalue weighted by Crippen LogP contribution is 2.27. The molecule has 0 spiro atoms. The molecule has 2 nitrogen and oxygen atoms in total. The summed E-state index contributed by atoms with van der Waals surface area (Å²) in [5.74, 6) is -1.69. The number of rotatable bonds is 1. The Morgan fingerprint density at radius 3 is 2.33 bits per heavy atom. The Balaban J connectivity index is 0.00000112. The van der Waals surface area contributed by atoms with E-state index < -0.39 is 5.79 Å². The quantitative estimate of drug-likeness (QED) is 0.689. The zero-order chi connectivity index (χ0) is 10.0. The molecule has 0 atom stereocenters. The highest BCUT2D eigenvalue weighted by molar-refractivity contribution is 5.69. The summed E-state index contributed by atoms with van der Waals surface area (Å²) in [6, 6.07) is 9.73. The van der Waals surface area contributed by atoms with Crippen LogP contribution in [0.2, 0.25) is 0 Å². The van der Waals surface area contributed by atoms with E-state index in [1.807, 2.05) is 36.4 Å². The Kier molecular flexibility index (Phi) is 3.45. The van der Waals surface area contributed by atoms with Crippen LogP contribution in [0.4, 0.5) is 0 Å². The van der Waals surface area contributed by atoms with Crippen molar-refractivity contribution in [1.82, 2.24) is 0 Å². The predicted octanol–water partition coefficient (Wildman–Crippen LogP) is 2.35.